The molecule has 1 fully saturated rings. The minimum absolute atomic E-state index is 0.0862. The van der Waals surface area contributed by atoms with Gasteiger partial charge in [0.05, 0.1) is 6.61 Å². The third kappa shape index (κ3) is 25.3. The Morgan fingerprint density at radius 3 is 1.42 bits per heavy atom. The van der Waals surface area contributed by atoms with Crippen LogP contribution in [0, 0.1) is 0 Å². The Kier molecular flexibility index (Phi) is 30.2. The highest BCUT2D eigenvalue weighted by Crippen LogP contribution is 2.47. The lowest BCUT2D eigenvalue weighted by molar-refractivity contribution is -0.220. The first kappa shape index (κ1) is 51.3. The van der Waals surface area contributed by atoms with Crippen molar-refractivity contribution < 1.29 is 63.1 Å². The summed E-state index contributed by atoms with van der Waals surface area (Å²) in [5.74, 6) is -1.12. The van der Waals surface area contributed by atoms with Gasteiger partial charge >= 0.3 is 19.8 Å². The lowest BCUT2D eigenvalue weighted by Crippen LogP contribution is -2.64. The molecule has 8 atom stereocenters. The Morgan fingerprint density at radius 2 is 0.927 bits per heavy atom. The second-order valence-electron chi connectivity index (χ2n) is 14.8. The standard InChI is InChI=1S/C41H75O13P/c1-3-5-7-9-11-13-15-17-18-20-22-24-26-28-30-35(43)53-33(31-51-34(42)29-27-25-23-21-19-16-14-12-10-8-6-4-2)32-52-55(49,50)54-41-39(47)37(45)36(44)38(46)40(41)48/h12,14-15,17,33,36-41,44-48H,3-11,13,16,18-32H2,1-2H3,(H,49,50)/b14-12-,17-15-/t33-,36?,37-,38?,39?,40?,41?/m1/s1. The van der Waals surface area contributed by atoms with E-state index in [9.17, 15) is 44.6 Å². The summed E-state index contributed by atoms with van der Waals surface area (Å²) in [5, 5.41) is 50.0. The van der Waals surface area contributed by atoms with Crippen molar-refractivity contribution in [2.45, 2.75) is 211 Å². The number of phosphoric acid groups is 1. The SMILES string of the molecule is CCCCC/C=C\CCCCCCCC(=O)OC[C@H](COP(=O)(O)OC1C(O)C(O)C(O)[C@@H](O)C1O)OC(=O)CCCCCCC/C=C\CCCCCCC. The maximum atomic E-state index is 12.8. The number of allylic oxidation sites excluding steroid dienone is 4. The normalized spacial score (nSPS) is 23.3. The summed E-state index contributed by atoms with van der Waals surface area (Å²) in [6, 6.07) is 0. The van der Waals surface area contributed by atoms with E-state index in [0.717, 1.165) is 77.0 Å². The molecule has 0 saturated heterocycles. The van der Waals surface area contributed by atoms with Crippen molar-refractivity contribution in [1.82, 2.24) is 0 Å². The Morgan fingerprint density at radius 1 is 0.545 bits per heavy atom. The van der Waals surface area contributed by atoms with Crippen LogP contribution < -0.4 is 0 Å². The molecule has 0 radical (unpaired) electrons. The van der Waals surface area contributed by atoms with Crippen LogP contribution in [0.2, 0.25) is 0 Å². The molecule has 0 spiro atoms. The van der Waals surface area contributed by atoms with E-state index >= 15 is 0 Å². The van der Waals surface area contributed by atoms with E-state index in [-0.39, 0.29) is 12.8 Å². The first-order chi connectivity index (χ1) is 26.4. The van der Waals surface area contributed by atoms with Crippen LogP contribution >= 0.6 is 7.82 Å². The third-order valence-corrected chi connectivity index (χ3v) is 10.8. The first-order valence-electron chi connectivity index (χ1n) is 21.1. The lowest BCUT2D eigenvalue weighted by Gasteiger charge is -2.41. The fraction of sp³-hybridized carbons (Fsp3) is 0.854. The fourth-order valence-corrected chi connectivity index (χ4v) is 7.25. The van der Waals surface area contributed by atoms with Gasteiger partial charge < -0.3 is 39.9 Å². The van der Waals surface area contributed by atoms with Gasteiger partial charge in [0.1, 0.15) is 43.2 Å². The van der Waals surface area contributed by atoms with Crippen LogP contribution in [0.5, 0.6) is 0 Å². The maximum absolute atomic E-state index is 12.8. The van der Waals surface area contributed by atoms with E-state index in [0.29, 0.717) is 12.8 Å². The molecular weight excluding hydrogens is 731 g/mol. The Hall–Kier alpha value is -1.67. The number of esters is 2. The molecule has 6 N–H and O–H groups in total. The highest BCUT2D eigenvalue weighted by atomic mass is 31.2. The summed E-state index contributed by atoms with van der Waals surface area (Å²) in [4.78, 5) is 35.5. The molecule has 0 aliphatic heterocycles. The molecule has 6 unspecified atom stereocenters. The second kappa shape index (κ2) is 32.3. The summed E-state index contributed by atoms with van der Waals surface area (Å²) in [7, 11) is -5.11. The number of aliphatic hydroxyl groups is 5. The molecule has 0 bridgehead atoms. The van der Waals surface area contributed by atoms with Crippen molar-refractivity contribution in [2.75, 3.05) is 13.2 Å². The fourth-order valence-electron chi connectivity index (χ4n) is 6.28. The van der Waals surface area contributed by atoms with Gasteiger partial charge in [-0.2, -0.15) is 0 Å². The van der Waals surface area contributed by atoms with Gasteiger partial charge in [0, 0.05) is 12.8 Å². The van der Waals surface area contributed by atoms with Crippen LogP contribution in [0.15, 0.2) is 24.3 Å². The number of hydrogen-bond acceptors (Lipinski definition) is 12. The number of carbonyl (C=O) groups excluding carboxylic acids is 2. The maximum Gasteiger partial charge on any atom is 0.472 e. The van der Waals surface area contributed by atoms with Gasteiger partial charge in [0.2, 0.25) is 0 Å². The van der Waals surface area contributed by atoms with Gasteiger partial charge in [-0.1, -0.05) is 115 Å². The van der Waals surface area contributed by atoms with Crippen molar-refractivity contribution in [3.8, 4) is 0 Å². The van der Waals surface area contributed by atoms with E-state index in [1.165, 1.54) is 51.4 Å². The van der Waals surface area contributed by atoms with Crippen LogP contribution in [-0.2, 0) is 32.7 Å². The van der Waals surface area contributed by atoms with Gasteiger partial charge in [0.25, 0.3) is 0 Å². The Balaban J connectivity index is 2.52. The zero-order chi connectivity index (χ0) is 40.7. The van der Waals surface area contributed by atoms with Gasteiger partial charge in [0.15, 0.2) is 6.10 Å². The van der Waals surface area contributed by atoms with Crippen LogP contribution in [-0.4, -0.2) is 98.3 Å². The van der Waals surface area contributed by atoms with Crippen molar-refractivity contribution >= 4 is 19.8 Å². The number of rotatable bonds is 34. The minimum atomic E-state index is -5.11. The lowest BCUT2D eigenvalue weighted by atomic mass is 9.85. The Bertz CT molecular complexity index is 1070. The number of phosphoric ester groups is 1. The summed E-state index contributed by atoms with van der Waals surface area (Å²) in [6.45, 7) is 3.23. The topological polar surface area (TPSA) is 210 Å². The molecule has 1 aliphatic carbocycles. The molecule has 0 amide bonds. The predicted octanol–water partition coefficient (Wildman–Crippen LogP) is 7.28. The minimum Gasteiger partial charge on any atom is -0.462 e. The quantitative estimate of drug-likeness (QED) is 0.0164. The van der Waals surface area contributed by atoms with E-state index in [1.54, 1.807) is 0 Å². The highest BCUT2D eigenvalue weighted by molar-refractivity contribution is 7.47. The number of aliphatic hydroxyl groups excluding tert-OH is 5. The molecule has 1 saturated carbocycles. The summed E-state index contributed by atoms with van der Waals surface area (Å²) in [6.07, 6.45) is 19.6. The van der Waals surface area contributed by atoms with Crippen molar-refractivity contribution in [3.05, 3.63) is 24.3 Å². The van der Waals surface area contributed by atoms with Crippen LogP contribution in [0.25, 0.3) is 0 Å². The highest BCUT2D eigenvalue weighted by Gasteiger charge is 2.51. The molecule has 0 aromatic heterocycles. The monoisotopic (exact) mass is 806 g/mol. The molecular formula is C41H75O13P. The predicted molar refractivity (Wildman–Crippen MR) is 212 cm³/mol. The summed E-state index contributed by atoms with van der Waals surface area (Å²) in [5.41, 5.74) is 0. The average molecular weight is 807 g/mol. The van der Waals surface area contributed by atoms with Crippen molar-refractivity contribution in [1.29, 1.82) is 0 Å². The Labute approximate surface area is 330 Å². The van der Waals surface area contributed by atoms with Gasteiger partial charge in [-0.25, -0.2) is 4.57 Å². The molecule has 1 aliphatic rings. The summed E-state index contributed by atoms with van der Waals surface area (Å²) < 4.78 is 33.4. The van der Waals surface area contributed by atoms with E-state index in [4.69, 9.17) is 18.5 Å². The van der Waals surface area contributed by atoms with Crippen LogP contribution in [0.3, 0.4) is 0 Å². The van der Waals surface area contributed by atoms with Crippen LogP contribution in [0.1, 0.15) is 168 Å². The zero-order valence-corrected chi connectivity index (χ0v) is 34.6. The first-order valence-corrected chi connectivity index (χ1v) is 22.6. The average Bonchev–Trinajstić information content (AvgIpc) is 3.16. The summed E-state index contributed by atoms with van der Waals surface area (Å²) >= 11 is 0. The molecule has 0 aromatic rings. The molecule has 322 valence electrons. The molecule has 14 heteroatoms. The second-order valence-corrected chi connectivity index (χ2v) is 16.2. The van der Waals surface area contributed by atoms with Gasteiger partial charge in [-0.15, -0.1) is 0 Å². The largest absolute Gasteiger partial charge is 0.472 e. The number of unbranched alkanes of at least 4 members (excludes halogenated alkanes) is 18. The number of hydrogen-bond donors (Lipinski definition) is 6. The van der Waals surface area contributed by atoms with E-state index in [2.05, 4.69) is 38.2 Å². The molecule has 13 nitrogen and oxygen atoms in total. The van der Waals surface area contributed by atoms with Gasteiger partial charge in [-0.05, 0) is 64.2 Å². The van der Waals surface area contributed by atoms with Gasteiger partial charge in [-0.3, -0.25) is 18.6 Å². The van der Waals surface area contributed by atoms with Crippen molar-refractivity contribution in [2.24, 2.45) is 0 Å². The smallest absolute Gasteiger partial charge is 0.462 e. The molecule has 0 aromatic carbocycles. The van der Waals surface area contributed by atoms with Crippen LogP contribution in [0.4, 0.5) is 0 Å². The number of ether oxygens (including phenoxy) is 2. The van der Waals surface area contributed by atoms with Crippen molar-refractivity contribution in [3.63, 3.8) is 0 Å². The number of carbonyl (C=O) groups is 2. The molecule has 1 rings (SSSR count). The third-order valence-electron chi connectivity index (χ3n) is 9.77. The van der Waals surface area contributed by atoms with E-state index < -0.39 is 75.7 Å². The zero-order valence-electron chi connectivity index (χ0n) is 33.7. The molecule has 0 heterocycles. The molecule has 55 heavy (non-hydrogen) atoms. The van der Waals surface area contributed by atoms with E-state index in [1.807, 2.05) is 0 Å².